The van der Waals surface area contributed by atoms with Crippen molar-refractivity contribution in [3.8, 4) is 10.4 Å². The molecule has 4 aromatic rings. The highest BCUT2D eigenvalue weighted by Crippen LogP contribution is 2.34. The second-order valence-corrected chi connectivity index (χ2v) is 8.12. The lowest BCUT2D eigenvalue weighted by molar-refractivity contribution is -0.385. The average Bonchev–Trinajstić information content (AvgIpc) is 3.29. The van der Waals surface area contributed by atoms with Crippen LogP contribution in [-0.4, -0.2) is 14.9 Å². The Kier molecular flexibility index (Phi) is 4.58. The molecule has 1 N–H and O–H groups in total. The predicted molar refractivity (Wildman–Crippen MR) is 106 cm³/mol. The topological polar surface area (TPSA) is 88.9 Å². The highest BCUT2D eigenvalue weighted by molar-refractivity contribution is 7.98. The SMILES string of the molecule is O=c1[nH]c(SCc2ccccc2[N+](=O)[O-])nc2scc(-c3cccs3)c12. The van der Waals surface area contributed by atoms with Crippen molar-refractivity contribution in [3.05, 3.63) is 73.2 Å². The average molecular weight is 401 g/mol. The van der Waals surface area contributed by atoms with E-state index >= 15 is 0 Å². The van der Waals surface area contributed by atoms with Gasteiger partial charge in [-0.1, -0.05) is 36.0 Å². The highest BCUT2D eigenvalue weighted by atomic mass is 32.2. The molecule has 0 radical (unpaired) electrons. The second kappa shape index (κ2) is 7.02. The van der Waals surface area contributed by atoms with Crippen molar-refractivity contribution < 1.29 is 4.92 Å². The van der Waals surface area contributed by atoms with Crippen molar-refractivity contribution in [2.75, 3.05) is 0 Å². The van der Waals surface area contributed by atoms with Crippen molar-refractivity contribution in [2.45, 2.75) is 10.9 Å². The summed E-state index contributed by atoms with van der Waals surface area (Å²) in [7, 11) is 0. The molecule has 1 aromatic carbocycles. The Morgan fingerprint density at radius 1 is 1.19 bits per heavy atom. The van der Waals surface area contributed by atoms with E-state index in [4.69, 9.17) is 0 Å². The molecule has 6 nitrogen and oxygen atoms in total. The van der Waals surface area contributed by atoms with E-state index in [1.807, 2.05) is 22.9 Å². The smallest absolute Gasteiger partial charge is 0.273 e. The van der Waals surface area contributed by atoms with Gasteiger partial charge in [0.1, 0.15) is 4.83 Å². The minimum atomic E-state index is -0.401. The molecule has 0 saturated carbocycles. The van der Waals surface area contributed by atoms with Gasteiger partial charge in [0.2, 0.25) is 0 Å². The minimum Gasteiger partial charge on any atom is -0.301 e. The van der Waals surface area contributed by atoms with E-state index in [2.05, 4.69) is 9.97 Å². The first-order valence-electron chi connectivity index (χ1n) is 7.54. The molecule has 26 heavy (non-hydrogen) atoms. The number of hydrogen-bond donors (Lipinski definition) is 1. The number of nitro groups is 1. The summed E-state index contributed by atoms with van der Waals surface area (Å²) >= 11 is 4.28. The maximum Gasteiger partial charge on any atom is 0.273 e. The molecule has 9 heteroatoms. The van der Waals surface area contributed by atoms with Crippen molar-refractivity contribution in [2.24, 2.45) is 0 Å². The number of nitro benzene ring substituents is 1. The summed E-state index contributed by atoms with van der Waals surface area (Å²) in [5.41, 5.74) is 1.36. The van der Waals surface area contributed by atoms with E-state index in [0.717, 1.165) is 10.4 Å². The zero-order chi connectivity index (χ0) is 18.1. The number of fused-ring (bicyclic) bond motifs is 1. The van der Waals surface area contributed by atoms with Gasteiger partial charge in [-0.25, -0.2) is 4.98 Å². The van der Waals surface area contributed by atoms with Crippen LogP contribution < -0.4 is 5.56 Å². The summed E-state index contributed by atoms with van der Waals surface area (Å²) in [5.74, 6) is 0.356. The summed E-state index contributed by atoms with van der Waals surface area (Å²) in [4.78, 5) is 32.3. The molecular formula is C17H11N3O3S3. The molecule has 0 spiro atoms. The fourth-order valence-corrected chi connectivity index (χ4v) is 5.24. The van der Waals surface area contributed by atoms with Crippen LogP contribution in [0.15, 0.2) is 57.1 Å². The summed E-state index contributed by atoms with van der Waals surface area (Å²) in [6.07, 6.45) is 0. The number of aromatic nitrogens is 2. The van der Waals surface area contributed by atoms with Gasteiger partial charge in [0.25, 0.3) is 11.2 Å². The number of aromatic amines is 1. The fraction of sp³-hybridized carbons (Fsp3) is 0.0588. The maximum atomic E-state index is 12.6. The molecule has 130 valence electrons. The zero-order valence-corrected chi connectivity index (χ0v) is 15.6. The Balaban J connectivity index is 1.65. The Labute approximate surface area is 159 Å². The maximum absolute atomic E-state index is 12.6. The van der Waals surface area contributed by atoms with Crippen LogP contribution in [0.1, 0.15) is 5.56 Å². The molecular weight excluding hydrogens is 390 g/mol. The highest BCUT2D eigenvalue weighted by Gasteiger charge is 2.16. The van der Waals surface area contributed by atoms with Crippen LogP contribution >= 0.6 is 34.4 Å². The second-order valence-electron chi connectivity index (χ2n) is 5.35. The number of H-pyrrole nitrogens is 1. The van der Waals surface area contributed by atoms with E-state index < -0.39 is 4.92 Å². The van der Waals surface area contributed by atoms with Gasteiger partial charge in [0.05, 0.1) is 10.3 Å². The van der Waals surface area contributed by atoms with Gasteiger partial charge in [0, 0.05) is 33.2 Å². The molecule has 3 aromatic heterocycles. The summed E-state index contributed by atoms with van der Waals surface area (Å²) in [6, 6.07) is 10.5. The van der Waals surface area contributed by atoms with Crippen molar-refractivity contribution in [1.29, 1.82) is 0 Å². The van der Waals surface area contributed by atoms with Crippen LogP contribution in [0.3, 0.4) is 0 Å². The molecule has 0 fully saturated rings. The molecule has 4 rings (SSSR count). The Morgan fingerprint density at radius 2 is 2.04 bits per heavy atom. The lowest BCUT2D eigenvalue weighted by Crippen LogP contribution is -2.08. The third kappa shape index (κ3) is 3.16. The third-order valence-corrected chi connectivity index (χ3v) is 6.46. The molecule has 0 bridgehead atoms. The van der Waals surface area contributed by atoms with Crippen LogP contribution in [0, 0.1) is 10.1 Å². The van der Waals surface area contributed by atoms with Gasteiger partial charge in [-0.2, -0.15) is 0 Å². The summed E-state index contributed by atoms with van der Waals surface area (Å²) in [5, 5.41) is 16.1. The van der Waals surface area contributed by atoms with Crippen LogP contribution in [0.25, 0.3) is 20.7 Å². The van der Waals surface area contributed by atoms with E-state index in [1.165, 1.54) is 29.2 Å². The van der Waals surface area contributed by atoms with E-state index in [-0.39, 0.29) is 11.2 Å². The molecule has 0 amide bonds. The Bertz CT molecular complexity index is 1150. The monoisotopic (exact) mass is 401 g/mol. The quantitative estimate of drug-likeness (QED) is 0.222. The van der Waals surface area contributed by atoms with Gasteiger partial charge >= 0.3 is 0 Å². The number of rotatable bonds is 5. The number of benzene rings is 1. The van der Waals surface area contributed by atoms with Gasteiger partial charge in [-0.3, -0.25) is 14.9 Å². The van der Waals surface area contributed by atoms with Crippen molar-refractivity contribution >= 4 is 50.3 Å². The summed E-state index contributed by atoms with van der Waals surface area (Å²) in [6.45, 7) is 0. The number of para-hydroxylation sites is 1. The van der Waals surface area contributed by atoms with Gasteiger partial charge in [-0.05, 0) is 11.4 Å². The molecule has 0 aliphatic rings. The predicted octanol–water partition coefficient (Wildman–Crippen LogP) is 4.91. The first-order valence-corrected chi connectivity index (χ1v) is 10.3. The third-order valence-electron chi connectivity index (χ3n) is 3.76. The van der Waals surface area contributed by atoms with Gasteiger partial charge in [0.15, 0.2) is 5.16 Å². The van der Waals surface area contributed by atoms with Crippen molar-refractivity contribution in [3.63, 3.8) is 0 Å². The zero-order valence-electron chi connectivity index (χ0n) is 13.2. The normalized spacial score (nSPS) is 11.1. The first kappa shape index (κ1) is 17.0. The number of thiophene rings is 2. The van der Waals surface area contributed by atoms with Gasteiger partial charge in [-0.15, -0.1) is 22.7 Å². The number of nitrogens with one attached hydrogen (secondary N) is 1. The number of hydrogen-bond acceptors (Lipinski definition) is 7. The van der Waals surface area contributed by atoms with E-state index in [0.29, 0.717) is 26.7 Å². The largest absolute Gasteiger partial charge is 0.301 e. The molecule has 0 atom stereocenters. The van der Waals surface area contributed by atoms with Crippen LogP contribution in [0.2, 0.25) is 0 Å². The van der Waals surface area contributed by atoms with Crippen LogP contribution in [-0.2, 0) is 5.75 Å². The Morgan fingerprint density at radius 3 is 2.81 bits per heavy atom. The molecule has 0 saturated heterocycles. The Hall–Kier alpha value is -2.49. The number of nitrogens with zero attached hydrogens (tertiary/aromatic N) is 2. The van der Waals surface area contributed by atoms with Crippen LogP contribution in [0.5, 0.6) is 0 Å². The molecule has 3 heterocycles. The lowest BCUT2D eigenvalue weighted by Gasteiger charge is -2.03. The van der Waals surface area contributed by atoms with Gasteiger partial charge < -0.3 is 4.98 Å². The van der Waals surface area contributed by atoms with E-state index in [9.17, 15) is 14.9 Å². The van der Waals surface area contributed by atoms with Crippen LogP contribution in [0.4, 0.5) is 5.69 Å². The molecule has 0 aliphatic heterocycles. The minimum absolute atomic E-state index is 0.0690. The summed E-state index contributed by atoms with van der Waals surface area (Å²) < 4.78 is 0. The standard InChI is InChI=1S/C17H11N3O3S3/c21-15-14-11(13-6-3-7-24-13)9-25-16(14)19-17(18-15)26-8-10-4-1-2-5-12(10)20(22)23/h1-7,9H,8H2,(H,18,19,21). The molecule has 0 unspecified atom stereocenters. The van der Waals surface area contributed by atoms with E-state index in [1.54, 1.807) is 29.5 Å². The van der Waals surface area contributed by atoms with Crippen molar-refractivity contribution in [1.82, 2.24) is 9.97 Å². The lowest BCUT2D eigenvalue weighted by atomic mass is 10.2. The first-order chi connectivity index (χ1) is 12.6. The molecule has 0 aliphatic carbocycles. The fourth-order valence-electron chi connectivity index (χ4n) is 2.57. The number of thioether (sulfide) groups is 1.